The Morgan fingerprint density at radius 1 is 0.800 bits per heavy atom. The van der Waals surface area contributed by atoms with Crippen LogP contribution in [0.1, 0.15) is 71.9 Å². The number of carbonyl (C=O) groups excluding carboxylic acids is 6. The van der Waals surface area contributed by atoms with Crippen LogP contribution in [0.15, 0.2) is 48.5 Å². The molecule has 4 rings (SSSR count). The van der Waals surface area contributed by atoms with Crippen LogP contribution in [0.4, 0.5) is 4.79 Å². The highest BCUT2D eigenvalue weighted by atomic mass is 32.2. The summed E-state index contributed by atoms with van der Waals surface area (Å²) >= 11 is 1.26. The first-order chi connectivity index (χ1) is 26.0. The number of hydrogen-bond donors (Lipinski definition) is 2. The van der Waals surface area contributed by atoms with Gasteiger partial charge in [-0.15, -0.1) is 11.8 Å². The van der Waals surface area contributed by atoms with Crippen LogP contribution >= 0.6 is 11.8 Å². The van der Waals surface area contributed by atoms with E-state index in [1.807, 2.05) is 48.5 Å². The van der Waals surface area contributed by atoms with Crippen LogP contribution in [-0.4, -0.2) is 109 Å². The van der Waals surface area contributed by atoms with E-state index in [1.165, 1.54) is 39.5 Å². The van der Waals surface area contributed by atoms with E-state index in [9.17, 15) is 28.8 Å². The van der Waals surface area contributed by atoms with Crippen LogP contribution in [-0.2, 0) is 57.1 Å². The van der Waals surface area contributed by atoms with Gasteiger partial charge in [0.25, 0.3) is 0 Å². The van der Waals surface area contributed by atoms with Gasteiger partial charge >= 0.3 is 30.0 Å². The van der Waals surface area contributed by atoms with E-state index in [-0.39, 0.29) is 32.3 Å². The van der Waals surface area contributed by atoms with Gasteiger partial charge in [0.15, 0.2) is 18.2 Å². The first-order valence-electron chi connectivity index (χ1n) is 18.0. The van der Waals surface area contributed by atoms with E-state index in [0.717, 1.165) is 22.3 Å². The Balaban J connectivity index is 1.36. The number of carbonyl (C=O) groups is 6. The summed E-state index contributed by atoms with van der Waals surface area (Å²) in [4.78, 5) is 74.2. The van der Waals surface area contributed by atoms with E-state index in [1.54, 1.807) is 20.8 Å². The van der Waals surface area contributed by atoms with Crippen molar-refractivity contribution in [3.05, 3.63) is 59.7 Å². The van der Waals surface area contributed by atoms with E-state index >= 15 is 0 Å². The molecule has 15 nitrogen and oxygen atoms in total. The van der Waals surface area contributed by atoms with Crippen LogP contribution < -0.4 is 10.6 Å². The fourth-order valence-corrected chi connectivity index (χ4v) is 7.49. The van der Waals surface area contributed by atoms with Gasteiger partial charge in [-0.05, 0) is 55.2 Å². The van der Waals surface area contributed by atoms with E-state index in [0.29, 0.717) is 12.2 Å². The molecule has 0 unspecified atom stereocenters. The third kappa shape index (κ3) is 12.7. The molecule has 0 bridgehead atoms. The van der Waals surface area contributed by atoms with Gasteiger partial charge in [-0.3, -0.25) is 19.2 Å². The Morgan fingerprint density at radius 2 is 1.40 bits per heavy atom. The molecule has 1 heterocycles. The van der Waals surface area contributed by atoms with Crippen molar-refractivity contribution in [1.82, 2.24) is 10.6 Å². The van der Waals surface area contributed by atoms with Gasteiger partial charge in [0.05, 0.1) is 6.61 Å². The maximum atomic E-state index is 13.1. The summed E-state index contributed by atoms with van der Waals surface area (Å²) in [6.45, 7) is 9.68. The number of fused-ring (bicyclic) bond motifs is 3. The Labute approximate surface area is 324 Å². The smallest absolute Gasteiger partial charge is 0.407 e. The van der Waals surface area contributed by atoms with Crippen molar-refractivity contribution >= 4 is 47.6 Å². The van der Waals surface area contributed by atoms with Gasteiger partial charge in [-0.1, -0.05) is 48.5 Å². The predicted molar refractivity (Wildman–Crippen MR) is 200 cm³/mol. The summed E-state index contributed by atoms with van der Waals surface area (Å²) in [6.07, 6.45) is -3.75. The Kier molecular flexibility index (Phi) is 15.5. The van der Waals surface area contributed by atoms with E-state index in [4.69, 9.17) is 33.2 Å². The summed E-state index contributed by atoms with van der Waals surface area (Å²) in [6, 6.07) is 13.8. The lowest BCUT2D eigenvalue weighted by molar-refractivity contribution is -0.211. The maximum absolute atomic E-state index is 13.1. The Bertz CT molecular complexity index is 1650. The van der Waals surface area contributed by atoms with Gasteiger partial charge in [-0.25, -0.2) is 9.59 Å². The summed E-state index contributed by atoms with van der Waals surface area (Å²) in [5, 5.41) is 5.34. The highest BCUT2D eigenvalue weighted by Crippen LogP contribution is 2.44. The minimum atomic E-state index is -1.19. The molecule has 1 saturated heterocycles. The molecule has 6 atom stereocenters. The molecule has 300 valence electrons. The normalized spacial score (nSPS) is 20.9. The summed E-state index contributed by atoms with van der Waals surface area (Å²) < 4.78 is 39.3. The lowest BCUT2D eigenvalue weighted by atomic mass is 9.97. The molecule has 55 heavy (non-hydrogen) atoms. The van der Waals surface area contributed by atoms with Gasteiger partial charge in [0, 0.05) is 40.2 Å². The quantitative estimate of drug-likeness (QED) is 0.141. The predicted octanol–water partition coefficient (Wildman–Crippen LogP) is 4.03. The summed E-state index contributed by atoms with van der Waals surface area (Å²) in [7, 11) is 0. The molecular weight excluding hydrogens is 736 g/mol. The van der Waals surface area contributed by atoms with Gasteiger partial charge in [0.1, 0.15) is 36.4 Å². The number of thioether (sulfide) groups is 1. The summed E-state index contributed by atoms with van der Waals surface area (Å²) in [5.74, 6) is -2.89. The summed E-state index contributed by atoms with van der Waals surface area (Å²) in [5.41, 5.74) is 2.62. The van der Waals surface area contributed by atoms with Gasteiger partial charge < -0.3 is 43.8 Å². The van der Waals surface area contributed by atoms with Crippen LogP contribution in [0.25, 0.3) is 11.1 Å². The maximum Gasteiger partial charge on any atom is 0.407 e. The zero-order chi connectivity index (χ0) is 40.3. The number of amides is 2. The third-order valence-corrected chi connectivity index (χ3v) is 9.66. The minimum absolute atomic E-state index is 0.0589. The molecule has 0 aromatic heterocycles. The zero-order valence-electron chi connectivity index (χ0n) is 32.1. The molecule has 0 spiro atoms. The Morgan fingerprint density at radius 3 is 1.96 bits per heavy atom. The number of rotatable bonds is 16. The fraction of sp³-hybridized carbons (Fsp3) is 0.538. The van der Waals surface area contributed by atoms with E-state index in [2.05, 4.69) is 10.6 Å². The number of benzene rings is 2. The monoisotopic (exact) mass is 786 g/mol. The Hall–Kier alpha value is -4.67. The molecule has 0 radical (unpaired) electrons. The number of esters is 4. The average molecular weight is 787 g/mol. The second-order valence-electron chi connectivity index (χ2n) is 14.1. The van der Waals surface area contributed by atoms with E-state index < -0.39 is 77.3 Å². The lowest BCUT2D eigenvalue weighted by Crippen LogP contribution is -2.65. The number of alkyl carbamates (subject to hydrolysis) is 1. The van der Waals surface area contributed by atoms with Crippen molar-refractivity contribution in [3.63, 3.8) is 0 Å². The van der Waals surface area contributed by atoms with Crippen LogP contribution in [0.3, 0.4) is 0 Å². The SMILES string of the molecule is CC(=O)N[C@@H]1[C@@H](OC(C)=O)[C@@H](OC(C)=O)[C@@H](COC(C)=O)O[C@@H]1SCCCOC[C@H](NC(=O)OCC1c2ccccc2-c2ccccc21)C(=O)OC(C)(C)C. The average Bonchev–Trinajstić information content (AvgIpc) is 3.41. The third-order valence-electron chi connectivity index (χ3n) is 8.40. The number of ether oxygens (including phenoxy) is 7. The molecule has 1 aliphatic heterocycles. The number of hydrogen-bond acceptors (Lipinski definition) is 14. The first kappa shape index (κ1) is 43.1. The van der Waals surface area contributed by atoms with Gasteiger partial charge in [0.2, 0.25) is 5.91 Å². The minimum Gasteiger partial charge on any atom is -0.463 e. The topological polar surface area (TPSA) is 191 Å². The molecule has 2 N–H and O–H groups in total. The van der Waals surface area contributed by atoms with Crippen molar-refractivity contribution in [2.24, 2.45) is 0 Å². The van der Waals surface area contributed by atoms with Crippen molar-refractivity contribution < 1.29 is 61.9 Å². The largest absolute Gasteiger partial charge is 0.463 e. The second-order valence-corrected chi connectivity index (χ2v) is 15.3. The van der Waals surface area contributed by atoms with Crippen molar-refractivity contribution in [3.8, 4) is 11.1 Å². The zero-order valence-corrected chi connectivity index (χ0v) is 32.9. The highest BCUT2D eigenvalue weighted by Gasteiger charge is 2.50. The van der Waals surface area contributed by atoms with Crippen LogP contribution in [0.5, 0.6) is 0 Å². The fourth-order valence-electron chi connectivity index (χ4n) is 6.32. The lowest BCUT2D eigenvalue weighted by Gasteiger charge is -2.45. The molecule has 0 saturated carbocycles. The van der Waals surface area contributed by atoms with Crippen LogP contribution in [0, 0.1) is 0 Å². The molecule has 16 heteroatoms. The standard InChI is InChI=1S/C39H50N2O13S/c1-22(42)40-33-35(52-25(4)45)34(51-24(3)44)32(21-49-23(2)43)53-37(33)55-18-12-17-48-20-31(36(46)54-39(5,6)7)41-38(47)50-19-30-28-15-10-8-13-26(28)27-14-9-11-16-29(27)30/h8-11,13-16,30-35,37H,12,17-21H2,1-7H3,(H,40,42)(H,41,47)/t31-,32+,33+,34-,35+,37+/m0/s1. The molecule has 2 amide bonds. The first-order valence-corrected chi connectivity index (χ1v) is 19.0. The molecular formula is C39H50N2O13S. The van der Waals surface area contributed by atoms with Crippen molar-refractivity contribution in [2.45, 2.75) is 102 Å². The van der Waals surface area contributed by atoms with Crippen molar-refractivity contribution in [1.29, 1.82) is 0 Å². The molecule has 2 aromatic rings. The van der Waals surface area contributed by atoms with Gasteiger partial charge in [-0.2, -0.15) is 0 Å². The molecule has 1 aliphatic carbocycles. The number of nitrogens with one attached hydrogen (secondary N) is 2. The second kappa shape index (κ2) is 19.8. The van der Waals surface area contributed by atoms with Crippen molar-refractivity contribution in [2.75, 3.05) is 32.2 Å². The molecule has 1 fully saturated rings. The molecule has 2 aliphatic rings. The molecule has 2 aromatic carbocycles. The van der Waals surface area contributed by atoms with Crippen LogP contribution in [0.2, 0.25) is 0 Å². The highest BCUT2D eigenvalue weighted by molar-refractivity contribution is 7.99.